The van der Waals surface area contributed by atoms with E-state index in [9.17, 15) is 22.8 Å². The first-order chi connectivity index (χ1) is 10.3. The Morgan fingerprint density at radius 1 is 1.50 bits per heavy atom. The smallest absolute Gasteiger partial charge is 0.338 e. The number of alkyl halides is 3. The Labute approximate surface area is 126 Å². The number of amides is 3. The maximum absolute atomic E-state index is 12.9. The van der Waals surface area contributed by atoms with Crippen LogP contribution in [0.3, 0.4) is 0 Å². The van der Waals surface area contributed by atoms with E-state index in [0.29, 0.717) is 19.3 Å². The van der Waals surface area contributed by atoms with Gasteiger partial charge in [0, 0.05) is 12.8 Å². The molecular formula is C13H21F3N4O2. The highest BCUT2D eigenvalue weighted by molar-refractivity contribution is 5.97. The topological polar surface area (TPSA) is 82.6 Å². The first-order valence-corrected chi connectivity index (χ1v) is 7.19. The molecule has 1 aliphatic rings. The molecule has 126 valence electrons. The summed E-state index contributed by atoms with van der Waals surface area (Å²) in [6, 6.07) is -2.72. The van der Waals surface area contributed by atoms with Crippen LogP contribution in [0.25, 0.3) is 0 Å². The molecule has 3 N–H and O–H groups in total. The third kappa shape index (κ3) is 5.53. The van der Waals surface area contributed by atoms with Crippen molar-refractivity contribution in [2.75, 3.05) is 6.54 Å². The van der Waals surface area contributed by atoms with Crippen LogP contribution in [0.5, 0.6) is 0 Å². The van der Waals surface area contributed by atoms with Crippen LogP contribution in [0.2, 0.25) is 0 Å². The molecule has 1 rings (SSSR count). The summed E-state index contributed by atoms with van der Waals surface area (Å²) in [5.41, 5.74) is 2.29. The van der Waals surface area contributed by atoms with Crippen LogP contribution >= 0.6 is 0 Å². The average molecular weight is 322 g/mol. The average Bonchev–Trinajstić information content (AvgIpc) is 2.84. The van der Waals surface area contributed by atoms with Crippen molar-refractivity contribution in [1.82, 2.24) is 16.1 Å². The van der Waals surface area contributed by atoms with Gasteiger partial charge in [0.2, 0.25) is 5.91 Å². The molecule has 0 aliphatic carbocycles. The summed E-state index contributed by atoms with van der Waals surface area (Å²) in [6.07, 6.45) is -1.75. The van der Waals surface area contributed by atoms with E-state index in [4.69, 9.17) is 0 Å². The fourth-order valence-corrected chi connectivity index (χ4v) is 2.05. The van der Waals surface area contributed by atoms with Crippen molar-refractivity contribution in [3.63, 3.8) is 0 Å². The zero-order valence-electron chi connectivity index (χ0n) is 12.5. The first kappa shape index (κ1) is 18.2. The molecule has 1 heterocycles. The van der Waals surface area contributed by atoms with Crippen LogP contribution in [0, 0.1) is 11.8 Å². The quantitative estimate of drug-likeness (QED) is 0.624. The molecule has 0 saturated heterocycles. The number of halogens is 3. The van der Waals surface area contributed by atoms with Crippen molar-refractivity contribution in [2.45, 2.75) is 45.3 Å². The van der Waals surface area contributed by atoms with Crippen molar-refractivity contribution in [3.05, 3.63) is 0 Å². The van der Waals surface area contributed by atoms with Gasteiger partial charge in [-0.3, -0.25) is 4.79 Å². The molecule has 0 saturated carbocycles. The van der Waals surface area contributed by atoms with E-state index >= 15 is 0 Å². The van der Waals surface area contributed by atoms with E-state index in [1.165, 1.54) is 13.1 Å². The van der Waals surface area contributed by atoms with E-state index in [2.05, 4.69) is 15.8 Å². The monoisotopic (exact) mass is 322 g/mol. The normalized spacial score (nSPS) is 20.4. The fourth-order valence-electron chi connectivity index (χ4n) is 2.05. The van der Waals surface area contributed by atoms with Crippen LogP contribution in [-0.2, 0) is 4.79 Å². The van der Waals surface area contributed by atoms with Gasteiger partial charge in [-0.15, -0.1) is 0 Å². The highest BCUT2D eigenvalue weighted by atomic mass is 19.4. The number of hydrazone groups is 1. The van der Waals surface area contributed by atoms with Gasteiger partial charge in [0.1, 0.15) is 6.04 Å². The lowest BCUT2D eigenvalue weighted by Gasteiger charge is -2.26. The second-order valence-corrected chi connectivity index (χ2v) is 5.31. The van der Waals surface area contributed by atoms with E-state index in [1.807, 2.05) is 5.32 Å². The molecule has 0 aromatic heterocycles. The Morgan fingerprint density at radius 3 is 2.68 bits per heavy atom. The first-order valence-electron chi connectivity index (χ1n) is 7.19. The molecule has 3 atom stereocenters. The number of nitrogens with one attached hydrogen (secondary N) is 3. The molecule has 0 bridgehead atoms. The lowest BCUT2D eigenvalue weighted by molar-refractivity contribution is -0.163. The second kappa shape index (κ2) is 8.00. The van der Waals surface area contributed by atoms with Gasteiger partial charge in [-0.25, -0.2) is 10.2 Å². The standard InChI is InChI=1S/C13H21F3N4O2/c1-3-8(2)10(13(14,15)16)19-12(22)17-6-4-5-9-7-18-20-11(9)21/h7-10H,3-6H2,1-2H3,(H,20,21)(H2,17,19,22). The van der Waals surface area contributed by atoms with E-state index in [0.717, 1.165) is 0 Å². The third-order valence-corrected chi connectivity index (χ3v) is 3.60. The number of urea groups is 1. The Bertz CT molecular complexity index is 426. The number of rotatable bonds is 7. The Balaban J connectivity index is 2.32. The summed E-state index contributed by atoms with van der Waals surface area (Å²) < 4.78 is 38.6. The van der Waals surface area contributed by atoms with Gasteiger partial charge in [0.15, 0.2) is 0 Å². The zero-order valence-corrected chi connectivity index (χ0v) is 12.5. The highest BCUT2D eigenvalue weighted by Gasteiger charge is 2.43. The minimum Gasteiger partial charge on any atom is -0.338 e. The van der Waals surface area contributed by atoms with E-state index in [-0.39, 0.29) is 18.4 Å². The van der Waals surface area contributed by atoms with Gasteiger partial charge in [0.05, 0.1) is 5.92 Å². The van der Waals surface area contributed by atoms with E-state index in [1.54, 1.807) is 6.92 Å². The van der Waals surface area contributed by atoms with Crippen molar-refractivity contribution >= 4 is 18.2 Å². The van der Waals surface area contributed by atoms with Crippen molar-refractivity contribution in [3.8, 4) is 0 Å². The van der Waals surface area contributed by atoms with Crippen LogP contribution in [-0.4, -0.2) is 36.9 Å². The summed E-state index contributed by atoms with van der Waals surface area (Å²) in [4.78, 5) is 22.8. The molecule has 0 fully saturated rings. The predicted molar refractivity (Wildman–Crippen MR) is 75.2 cm³/mol. The Morgan fingerprint density at radius 2 is 2.18 bits per heavy atom. The summed E-state index contributed by atoms with van der Waals surface area (Å²) in [5, 5.41) is 7.95. The molecule has 0 aromatic carbocycles. The van der Waals surface area contributed by atoms with Gasteiger partial charge in [-0.2, -0.15) is 18.3 Å². The van der Waals surface area contributed by atoms with Crippen LogP contribution in [0.15, 0.2) is 5.10 Å². The lowest BCUT2D eigenvalue weighted by atomic mass is 9.99. The zero-order chi connectivity index (χ0) is 16.8. The minimum absolute atomic E-state index is 0.189. The van der Waals surface area contributed by atoms with Crippen LogP contribution in [0.1, 0.15) is 33.1 Å². The third-order valence-electron chi connectivity index (χ3n) is 3.60. The summed E-state index contributed by atoms with van der Waals surface area (Å²) in [6.45, 7) is 3.27. The summed E-state index contributed by atoms with van der Waals surface area (Å²) in [5.74, 6) is -1.25. The SMILES string of the molecule is CCC(C)C(NC(=O)NCCCC1C=NNC1=O)C(F)(F)F. The summed E-state index contributed by atoms with van der Waals surface area (Å²) >= 11 is 0. The maximum atomic E-state index is 12.9. The molecule has 6 nitrogen and oxygen atoms in total. The van der Waals surface area contributed by atoms with Gasteiger partial charge in [-0.05, 0) is 18.8 Å². The fraction of sp³-hybridized carbons (Fsp3) is 0.769. The molecular weight excluding hydrogens is 301 g/mol. The van der Waals surface area contributed by atoms with Crippen LogP contribution in [0.4, 0.5) is 18.0 Å². The highest BCUT2D eigenvalue weighted by Crippen LogP contribution is 2.27. The van der Waals surface area contributed by atoms with Gasteiger partial charge < -0.3 is 10.6 Å². The van der Waals surface area contributed by atoms with Crippen LogP contribution < -0.4 is 16.1 Å². The molecule has 3 amide bonds. The largest absolute Gasteiger partial charge is 0.408 e. The molecule has 1 aliphatic heterocycles. The Hall–Kier alpha value is -1.80. The Kier molecular flexibility index (Phi) is 6.63. The van der Waals surface area contributed by atoms with Gasteiger partial charge in [-0.1, -0.05) is 20.3 Å². The predicted octanol–water partition coefficient (Wildman–Crippen LogP) is 1.77. The van der Waals surface area contributed by atoms with Crippen molar-refractivity contribution in [2.24, 2.45) is 16.9 Å². The van der Waals surface area contributed by atoms with Gasteiger partial charge in [0.25, 0.3) is 0 Å². The number of hydrogen-bond donors (Lipinski definition) is 3. The molecule has 0 spiro atoms. The molecule has 0 aromatic rings. The number of carbonyl (C=O) groups is 2. The molecule has 0 radical (unpaired) electrons. The number of nitrogens with zero attached hydrogens (tertiary/aromatic N) is 1. The maximum Gasteiger partial charge on any atom is 0.408 e. The number of hydrogen-bond acceptors (Lipinski definition) is 3. The minimum atomic E-state index is -4.48. The lowest BCUT2D eigenvalue weighted by Crippen LogP contribution is -2.52. The number of carbonyl (C=O) groups excluding carboxylic acids is 2. The molecule has 3 unspecified atom stereocenters. The summed E-state index contributed by atoms with van der Waals surface area (Å²) in [7, 11) is 0. The van der Waals surface area contributed by atoms with Gasteiger partial charge >= 0.3 is 12.2 Å². The molecule has 22 heavy (non-hydrogen) atoms. The van der Waals surface area contributed by atoms with Crippen molar-refractivity contribution in [1.29, 1.82) is 0 Å². The van der Waals surface area contributed by atoms with E-state index < -0.39 is 24.2 Å². The molecule has 9 heteroatoms. The second-order valence-electron chi connectivity index (χ2n) is 5.31. The van der Waals surface area contributed by atoms with Crippen molar-refractivity contribution < 1.29 is 22.8 Å².